The summed E-state index contributed by atoms with van der Waals surface area (Å²) in [6.45, 7) is 10.4. The van der Waals surface area contributed by atoms with Gasteiger partial charge in [-0.15, -0.1) is 0 Å². The SMILES string of the molecule is CC(C)C(C)C(C)(C)NC(N)=O. The molecule has 0 aromatic carbocycles. The van der Waals surface area contributed by atoms with Crippen LogP contribution < -0.4 is 11.1 Å². The first-order valence-electron chi connectivity index (χ1n) is 4.35. The van der Waals surface area contributed by atoms with Crippen LogP contribution in [0.5, 0.6) is 0 Å². The van der Waals surface area contributed by atoms with Crippen LogP contribution in [0.3, 0.4) is 0 Å². The number of primary amides is 1. The summed E-state index contributed by atoms with van der Waals surface area (Å²) in [5, 5.41) is 2.74. The summed E-state index contributed by atoms with van der Waals surface area (Å²) in [5.41, 5.74) is 4.84. The lowest BCUT2D eigenvalue weighted by Gasteiger charge is -2.34. The first kappa shape index (κ1) is 11.3. The molecule has 0 aliphatic heterocycles. The average molecular weight is 172 g/mol. The van der Waals surface area contributed by atoms with Crippen LogP contribution in [0.1, 0.15) is 34.6 Å². The molecule has 2 amide bonds. The second-order valence-electron chi connectivity index (χ2n) is 4.24. The Labute approximate surface area is 74.7 Å². The van der Waals surface area contributed by atoms with Gasteiger partial charge in [0.1, 0.15) is 0 Å². The zero-order valence-corrected chi connectivity index (χ0v) is 8.64. The third-order valence-corrected chi connectivity index (χ3v) is 2.58. The lowest BCUT2D eigenvalue weighted by atomic mass is 9.81. The van der Waals surface area contributed by atoms with E-state index in [9.17, 15) is 4.79 Å². The van der Waals surface area contributed by atoms with E-state index in [0.717, 1.165) is 0 Å². The molecule has 3 heteroatoms. The Bertz CT molecular complexity index is 164. The number of hydrogen-bond acceptors (Lipinski definition) is 1. The molecule has 0 saturated carbocycles. The molecule has 0 spiro atoms. The highest BCUT2D eigenvalue weighted by molar-refractivity contribution is 5.72. The second kappa shape index (κ2) is 3.78. The highest BCUT2D eigenvalue weighted by Crippen LogP contribution is 2.23. The standard InChI is InChI=1S/C9H20N2O/c1-6(2)7(3)9(4,5)11-8(10)12/h6-7H,1-5H3,(H3,10,11,12). The molecule has 1 unspecified atom stereocenters. The molecule has 0 aromatic heterocycles. The molecule has 0 heterocycles. The van der Waals surface area contributed by atoms with Crippen molar-refractivity contribution in [2.24, 2.45) is 17.6 Å². The van der Waals surface area contributed by atoms with Crippen molar-refractivity contribution < 1.29 is 4.79 Å². The predicted molar refractivity (Wildman–Crippen MR) is 50.8 cm³/mol. The van der Waals surface area contributed by atoms with Crippen LogP contribution in [0.15, 0.2) is 0 Å². The maximum atomic E-state index is 10.7. The average Bonchev–Trinajstić information content (AvgIpc) is 1.82. The Morgan fingerprint density at radius 3 is 2.00 bits per heavy atom. The Morgan fingerprint density at radius 1 is 1.33 bits per heavy atom. The molecule has 72 valence electrons. The van der Waals surface area contributed by atoms with Gasteiger partial charge in [-0.1, -0.05) is 20.8 Å². The topological polar surface area (TPSA) is 55.1 Å². The maximum absolute atomic E-state index is 10.7. The fraction of sp³-hybridized carbons (Fsp3) is 0.889. The lowest BCUT2D eigenvalue weighted by molar-refractivity contribution is 0.201. The largest absolute Gasteiger partial charge is 0.352 e. The summed E-state index contributed by atoms with van der Waals surface area (Å²) < 4.78 is 0. The van der Waals surface area contributed by atoms with Crippen LogP contribution in [0.4, 0.5) is 4.79 Å². The summed E-state index contributed by atoms with van der Waals surface area (Å²) in [7, 11) is 0. The number of carbonyl (C=O) groups is 1. The first-order chi connectivity index (χ1) is 5.27. The van der Waals surface area contributed by atoms with Gasteiger partial charge in [-0.3, -0.25) is 0 Å². The monoisotopic (exact) mass is 172 g/mol. The minimum absolute atomic E-state index is 0.222. The third kappa shape index (κ3) is 3.11. The van der Waals surface area contributed by atoms with Gasteiger partial charge in [0.05, 0.1) is 0 Å². The lowest BCUT2D eigenvalue weighted by Crippen LogP contribution is -2.51. The number of urea groups is 1. The fourth-order valence-electron chi connectivity index (χ4n) is 1.26. The normalized spacial score (nSPS) is 14.5. The molecule has 0 aromatic rings. The number of nitrogens with two attached hydrogens (primary N) is 1. The highest BCUT2D eigenvalue weighted by atomic mass is 16.2. The molecule has 1 atom stereocenters. The Balaban J connectivity index is 4.28. The van der Waals surface area contributed by atoms with Crippen LogP contribution in [-0.4, -0.2) is 11.6 Å². The summed E-state index contributed by atoms with van der Waals surface area (Å²) in [6, 6.07) is -0.451. The van der Waals surface area contributed by atoms with E-state index in [4.69, 9.17) is 5.73 Å². The molecule has 0 rings (SSSR count). The molecule has 0 fully saturated rings. The summed E-state index contributed by atoms with van der Waals surface area (Å²) in [6.07, 6.45) is 0. The van der Waals surface area contributed by atoms with Crippen LogP contribution in [-0.2, 0) is 0 Å². The highest BCUT2D eigenvalue weighted by Gasteiger charge is 2.28. The smallest absolute Gasteiger partial charge is 0.312 e. The van der Waals surface area contributed by atoms with Crippen molar-refractivity contribution in [3.63, 3.8) is 0 Å². The second-order valence-corrected chi connectivity index (χ2v) is 4.24. The van der Waals surface area contributed by atoms with Gasteiger partial charge >= 0.3 is 6.03 Å². The zero-order valence-electron chi connectivity index (χ0n) is 8.64. The van der Waals surface area contributed by atoms with E-state index in [1.165, 1.54) is 0 Å². The number of hydrogen-bond donors (Lipinski definition) is 2. The van der Waals surface area contributed by atoms with E-state index in [1.54, 1.807) is 0 Å². The Morgan fingerprint density at radius 2 is 1.75 bits per heavy atom. The van der Waals surface area contributed by atoms with Gasteiger partial charge in [0.15, 0.2) is 0 Å². The zero-order chi connectivity index (χ0) is 9.94. The van der Waals surface area contributed by atoms with Crippen molar-refractivity contribution in [2.45, 2.75) is 40.2 Å². The van der Waals surface area contributed by atoms with Crippen molar-refractivity contribution in [2.75, 3.05) is 0 Å². The van der Waals surface area contributed by atoms with E-state index in [0.29, 0.717) is 11.8 Å². The molecule has 0 bridgehead atoms. The minimum Gasteiger partial charge on any atom is -0.352 e. The van der Waals surface area contributed by atoms with Crippen LogP contribution >= 0.6 is 0 Å². The van der Waals surface area contributed by atoms with Crippen molar-refractivity contribution in [1.82, 2.24) is 5.32 Å². The molecule has 0 aliphatic carbocycles. The Hall–Kier alpha value is -0.730. The van der Waals surface area contributed by atoms with E-state index < -0.39 is 6.03 Å². The van der Waals surface area contributed by atoms with Gasteiger partial charge in [0, 0.05) is 5.54 Å². The molecule has 0 radical (unpaired) electrons. The van der Waals surface area contributed by atoms with E-state index in [2.05, 4.69) is 26.1 Å². The first-order valence-corrected chi connectivity index (χ1v) is 4.35. The van der Waals surface area contributed by atoms with Crippen molar-refractivity contribution in [3.05, 3.63) is 0 Å². The quantitative estimate of drug-likeness (QED) is 0.669. The van der Waals surface area contributed by atoms with E-state index in [-0.39, 0.29) is 5.54 Å². The number of amides is 2. The Kier molecular flexibility index (Phi) is 3.55. The molecule has 0 saturated heterocycles. The van der Waals surface area contributed by atoms with Crippen molar-refractivity contribution >= 4 is 6.03 Å². The fourth-order valence-corrected chi connectivity index (χ4v) is 1.26. The van der Waals surface area contributed by atoms with E-state index >= 15 is 0 Å². The molecule has 3 nitrogen and oxygen atoms in total. The van der Waals surface area contributed by atoms with Crippen molar-refractivity contribution in [1.29, 1.82) is 0 Å². The predicted octanol–water partition coefficient (Wildman–Crippen LogP) is 1.73. The van der Waals surface area contributed by atoms with E-state index in [1.807, 2.05) is 13.8 Å². The molecule has 12 heavy (non-hydrogen) atoms. The van der Waals surface area contributed by atoms with Gasteiger partial charge in [0.25, 0.3) is 0 Å². The maximum Gasteiger partial charge on any atom is 0.312 e. The summed E-state index contributed by atoms with van der Waals surface area (Å²) >= 11 is 0. The summed E-state index contributed by atoms with van der Waals surface area (Å²) in [5.74, 6) is 0.942. The van der Waals surface area contributed by atoms with Gasteiger partial charge < -0.3 is 11.1 Å². The summed E-state index contributed by atoms with van der Waals surface area (Å²) in [4.78, 5) is 10.7. The van der Waals surface area contributed by atoms with Gasteiger partial charge in [-0.25, -0.2) is 4.79 Å². The molecule has 3 N–H and O–H groups in total. The molecular weight excluding hydrogens is 152 g/mol. The number of nitrogens with one attached hydrogen (secondary N) is 1. The number of rotatable bonds is 3. The number of carbonyl (C=O) groups excluding carboxylic acids is 1. The van der Waals surface area contributed by atoms with Crippen LogP contribution in [0, 0.1) is 11.8 Å². The van der Waals surface area contributed by atoms with Gasteiger partial charge in [-0.2, -0.15) is 0 Å². The third-order valence-electron chi connectivity index (χ3n) is 2.58. The van der Waals surface area contributed by atoms with Crippen LogP contribution in [0.25, 0.3) is 0 Å². The molecule has 0 aliphatic rings. The van der Waals surface area contributed by atoms with Gasteiger partial charge in [0.2, 0.25) is 0 Å². The van der Waals surface area contributed by atoms with Gasteiger partial charge in [-0.05, 0) is 25.7 Å². The van der Waals surface area contributed by atoms with Crippen molar-refractivity contribution in [3.8, 4) is 0 Å². The minimum atomic E-state index is -0.451. The van der Waals surface area contributed by atoms with Crippen LogP contribution in [0.2, 0.25) is 0 Å². The molecular formula is C9H20N2O.